The van der Waals surface area contributed by atoms with Crippen molar-refractivity contribution in [3.8, 4) is 0 Å². The summed E-state index contributed by atoms with van der Waals surface area (Å²) >= 11 is 0. The van der Waals surface area contributed by atoms with Gasteiger partial charge in [0.15, 0.2) is 0 Å². The first-order valence-corrected chi connectivity index (χ1v) is 7.32. The highest BCUT2D eigenvalue weighted by Gasteiger charge is 2.24. The van der Waals surface area contributed by atoms with Crippen molar-refractivity contribution in [3.05, 3.63) is 35.9 Å². The average Bonchev–Trinajstić information content (AvgIpc) is 2.85. The lowest BCUT2D eigenvalue weighted by molar-refractivity contribution is -0.130. The van der Waals surface area contributed by atoms with Crippen LogP contribution in [-0.2, 0) is 4.79 Å². The third-order valence-corrected chi connectivity index (χ3v) is 4.20. The molecule has 0 saturated carbocycles. The molecule has 2 atom stereocenters. The number of benzene rings is 1. The Morgan fingerprint density at radius 1 is 1.45 bits per heavy atom. The number of hydrogen-bond donors (Lipinski definition) is 1. The van der Waals surface area contributed by atoms with Gasteiger partial charge in [0.1, 0.15) is 0 Å². The molecule has 2 N–H and O–H groups in total. The molecule has 2 unspecified atom stereocenters. The molecule has 1 fully saturated rings. The summed E-state index contributed by atoms with van der Waals surface area (Å²) in [7, 11) is 4.01. The Hall–Kier alpha value is -1.39. The van der Waals surface area contributed by atoms with E-state index in [1.807, 2.05) is 42.3 Å². The molecule has 1 saturated heterocycles. The fraction of sp³-hybridized carbons (Fsp3) is 0.562. The first kappa shape index (κ1) is 15.0. The van der Waals surface area contributed by atoms with Gasteiger partial charge in [0.25, 0.3) is 0 Å². The summed E-state index contributed by atoms with van der Waals surface area (Å²) in [6, 6.07) is 10.1. The molecule has 0 aliphatic carbocycles. The van der Waals surface area contributed by atoms with E-state index in [2.05, 4.69) is 11.9 Å². The number of nitrogens with two attached hydrogens (primary N) is 1. The lowest BCUT2D eigenvalue weighted by Gasteiger charge is -2.26. The van der Waals surface area contributed by atoms with Crippen molar-refractivity contribution in [1.82, 2.24) is 9.80 Å². The molecule has 0 bridgehead atoms. The zero-order chi connectivity index (χ0) is 14.5. The predicted molar refractivity (Wildman–Crippen MR) is 81.3 cm³/mol. The minimum absolute atomic E-state index is 0.127. The van der Waals surface area contributed by atoms with Crippen molar-refractivity contribution >= 4 is 5.91 Å². The molecule has 1 amide bonds. The van der Waals surface area contributed by atoms with E-state index in [0.717, 1.165) is 18.7 Å². The van der Waals surface area contributed by atoms with Gasteiger partial charge >= 0.3 is 0 Å². The largest absolute Gasteiger partial charge is 0.344 e. The topological polar surface area (TPSA) is 49.6 Å². The van der Waals surface area contributed by atoms with E-state index in [0.29, 0.717) is 12.5 Å². The SMILES string of the molecule is CN(CC1CCCN1C)C(=O)CC(N)c1ccccc1. The highest BCUT2D eigenvalue weighted by Crippen LogP contribution is 2.18. The van der Waals surface area contributed by atoms with Crippen LogP contribution in [0.15, 0.2) is 30.3 Å². The van der Waals surface area contributed by atoms with Crippen LogP contribution in [0.4, 0.5) is 0 Å². The third-order valence-electron chi connectivity index (χ3n) is 4.20. The van der Waals surface area contributed by atoms with Crippen LogP contribution in [0.25, 0.3) is 0 Å². The summed E-state index contributed by atoms with van der Waals surface area (Å²) in [6.45, 7) is 1.94. The van der Waals surface area contributed by atoms with Gasteiger partial charge in [-0.05, 0) is 32.0 Å². The second-order valence-electron chi connectivity index (χ2n) is 5.77. The van der Waals surface area contributed by atoms with Crippen molar-refractivity contribution in [2.75, 3.05) is 27.2 Å². The summed E-state index contributed by atoms with van der Waals surface area (Å²) in [5, 5.41) is 0. The molecule has 1 aromatic rings. The summed E-state index contributed by atoms with van der Waals surface area (Å²) in [6.07, 6.45) is 2.78. The van der Waals surface area contributed by atoms with Crippen molar-refractivity contribution < 1.29 is 4.79 Å². The quantitative estimate of drug-likeness (QED) is 0.888. The third kappa shape index (κ3) is 3.81. The molecule has 4 heteroatoms. The van der Waals surface area contributed by atoms with E-state index in [1.165, 1.54) is 12.8 Å². The van der Waals surface area contributed by atoms with E-state index in [1.54, 1.807) is 0 Å². The standard InChI is InChI=1S/C16H25N3O/c1-18-10-6-9-14(18)12-19(2)16(20)11-15(17)13-7-4-3-5-8-13/h3-5,7-8,14-15H,6,9-12,17H2,1-2H3. The van der Waals surface area contributed by atoms with Crippen LogP contribution in [0.3, 0.4) is 0 Å². The Labute approximate surface area is 121 Å². The lowest BCUT2D eigenvalue weighted by Crippen LogP contribution is -2.40. The van der Waals surface area contributed by atoms with Crippen molar-refractivity contribution in [1.29, 1.82) is 0 Å². The van der Waals surface area contributed by atoms with E-state index in [-0.39, 0.29) is 11.9 Å². The molecular weight excluding hydrogens is 250 g/mol. The minimum atomic E-state index is -0.215. The average molecular weight is 275 g/mol. The van der Waals surface area contributed by atoms with Gasteiger partial charge in [0.2, 0.25) is 5.91 Å². The molecule has 0 spiro atoms. The molecule has 1 aliphatic heterocycles. The number of likely N-dealkylation sites (N-methyl/N-ethyl adjacent to an activating group) is 2. The van der Waals surface area contributed by atoms with Gasteiger partial charge in [-0.25, -0.2) is 0 Å². The van der Waals surface area contributed by atoms with Gasteiger partial charge in [0.05, 0.1) is 0 Å². The Morgan fingerprint density at radius 2 is 2.15 bits per heavy atom. The molecule has 20 heavy (non-hydrogen) atoms. The van der Waals surface area contributed by atoms with Crippen molar-refractivity contribution in [2.24, 2.45) is 5.73 Å². The molecule has 4 nitrogen and oxygen atoms in total. The van der Waals surface area contributed by atoms with Crippen LogP contribution in [0.1, 0.15) is 30.9 Å². The van der Waals surface area contributed by atoms with Gasteiger partial charge in [0, 0.05) is 32.1 Å². The smallest absolute Gasteiger partial charge is 0.224 e. The second-order valence-corrected chi connectivity index (χ2v) is 5.77. The Morgan fingerprint density at radius 3 is 2.75 bits per heavy atom. The summed E-state index contributed by atoms with van der Waals surface area (Å²) < 4.78 is 0. The van der Waals surface area contributed by atoms with Gasteiger partial charge in [-0.3, -0.25) is 4.79 Å². The van der Waals surface area contributed by atoms with Crippen LogP contribution in [0, 0.1) is 0 Å². The Balaban J connectivity index is 1.84. The van der Waals surface area contributed by atoms with E-state index in [9.17, 15) is 4.79 Å². The van der Waals surface area contributed by atoms with Crippen LogP contribution in [-0.4, -0.2) is 48.9 Å². The zero-order valence-electron chi connectivity index (χ0n) is 12.5. The van der Waals surface area contributed by atoms with Gasteiger partial charge in [-0.1, -0.05) is 30.3 Å². The van der Waals surface area contributed by atoms with E-state index < -0.39 is 0 Å². The minimum Gasteiger partial charge on any atom is -0.344 e. The number of hydrogen-bond acceptors (Lipinski definition) is 3. The van der Waals surface area contributed by atoms with E-state index in [4.69, 9.17) is 5.73 Å². The fourth-order valence-corrected chi connectivity index (χ4v) is 2.79. The van der Waals surface area contributed by atoms with Crippen LogP contribution < -0.4 is 5.73 Å². The Kier molecular flexibility index (Phi) is 5.15. The maximum atomic E-state index is 12.2. The molecular formula is C16H25N3O. The summed E-state index contributed by atoms with van der Waals surface area (Å²) in [4.78, 5) is 16.4. The maximum absolute atomic E-state index is 12.2. The number of carbonyl (C=O) groups is 1. The highest BCUT2D eigenvalue weighted by molar-refractivity contribution is 5.76. The fourth-order valence-electron chi connectivity index (χ4n) is 2.79. The predicted octanol–water partition coefficient (Wildman–Crippen LogP) is 1.63. The number of rotatable bonds is 5. The molecule has 1 aromatic carbocycles. The lowest BCUT2D eigenvalue weighted by atomic mass is 10.0. The first-order valence-electron chi connectivity index (χ1n) is 7.32. The number of nitrogens with zero attached hydrogens (tertiary/aromatic N) is 2. The summed E-state index contributed by atoms with van der Waals surface area (Å²) in [5.41, 5.74) is 7.13. The first-order chi connectivity index (χ1) is 9.58. The monoisotopic (exact) mass is 275 g/mol. The molecule has 1 aliphatic rings. The van der Waals surface area contributed by atoms with Crippen LogP contribution in [0.2, 0.25) is 0 Å². The number of likely N-dealkylation sites (tertiary alicyclic amines) is 1. The molecule has 2 rings (SSSR count). The van der Waals surface area contributed by atoms with Crippen LogP contribution in [0.5, 0.6) is 0 Å². The van der Waals surface area contributed by atoms with E-state index >= 15 is 0 Å². The highest BCUT2D eigenvalue weighted by atomic mass is 16.2. The van der Waals surface area contributed by atoms with Gasteiger partial charge in [-0.2, -0.15) is 0 Å². The molecule has 1 heterocycles. The maximum Gasteiger partial charge on any atom is 0.224 e. The molecule has 0 aromatic heterocycles. The van der Waals surface area contributed by atoms with Crippen LogP contribution >= 0.6 is 0 Å². The number of amides is 1. The van der Waals surface area contributed by atoms with Gasteiger partial charge in [-0.15, -0.1) is 0 Å². The summed E-state index contributed by atoms with van der Waals surface area (Å²) in [5.74, 6) is 0.127. The van der Waals surface area contributed by atoms with Gasteiger partial charge < -0.3 is 15.5 Å². The normalized spacial score (nSPS) is 20.9. The second kappa shape index (κ2) is 6.86. The molecule has 110 valence electrons. The molecule has 0 radical (unpaired) electrons. The van der Waals surface area contributed by atoms with Crippen molar-refractivity contribution in [3.63, 3.8) is 0 Å². The Bertz CT molecular complexity index is 435. The zero-order valence-corrected chi connectivity index (χ0v) is 12.5. The number of carbonyl (C=O) groups excluding carboxylic acids is 1. The van der Waals surface area contributed by atoms with Crippen molar-refractivity contribution in [2.45, 2.75) is 31.3 Å².